The van der Waals surface area contributed by atoms with Crippen molar-refractivity contribution in [2.45, 2.75) is 33.1 Å². The molecule has 20 heavy (non-hydrogen) atoms. The van der Waals surface area contributed by atoms with E-state index in [0.29, 0.717) is 31.8 Å². The van der Waals surface area contributed by atoms with Gasteiger partial charge in [0.15, 0.2) is 0 Å². The van der Waals surface area contributed by atoms with E-state index in [0.717, 1.165) is 13.0 Å². The molecular formula is C15H28N2O3. The highest BCUT2D eigenvalue weighted by Crippen LogP contribution is 2.33. The lowest BCUT2D eigenvalue weighted by Crippen LogP contribution is -2.44. The van der Waals surface area contributed by atoms with Crippen LogP contribution in [0.5, 0.6) is 0 Å². The van der Waals surface area contributed by atoms with Gasteiger partial charge in [0.2, 0.25) is 5.91 Å². The number of rotatable bonds is 7. The molecule has 0 aromatic rings. The predicted octanol–water partition coefficient (Wildman–Crippen LogP) is 1.53. The van der Waals surface area contributed by atoms with Gasteiger partial charge in [0.25, 0.3) is 0 Å². The van der Waals surface area contributed by atoms with Crippen LogP contribution in [-0.4, -0.2) is 60.5 Å². The van der Waals surface area contributed by atoms with Crippen molar-refractivity contribution in [1.82, 2.24) is 9.80 Å². The Morgan fingerprint density at radius 3 is 2.25 bits per heavy atom. The van der Waals surface area contributed by atoms with Crippen LogP contribution in [0.2, 0.25) is 0 Å². The summed E-state index contributed by atoms with van der Waals surface area (Å²) in [5.74, 6) is -1.21. The highest BCUT2D eigenvalue weighted by atomic mass is 16.4. The number of hydrogen-bond donors (Lipinski definition) is 1. The van der Waals surface area contributed by atoms with E-state index in [1.807, 2.05) is 23.9 Å². The van der Waals surface area contributed by atoms with E-state index < -0.39 is 11.9 Å². The highest BCUT2D eigenvalue weighted by molar-refractivity contribution is 5.85. The average Bonchev–Trinajstić information content (AvgIpc) is 2.82. The molecule has 1 amide bonds. The van der Waals surface area contributed by atoms with Gasteiger partial charge in [-0.25, -0.2) is 0 Å². The van der Waals surface area contributed by atoms with Crippen LogP contribution in [0.25, 0.3) is 0 Å². The first kappa shape index (κ1) is 17.0. The molecule has 0 aromatic heterocycles. The summed E-state index contributed by atoms with van der Waals surface area (Å²) in [6.07, 6.45) is 2.19. The van der Waals surface area contributed by atoms with Crippen LogP contribution in [0.15, 0.2) is 0 Å². The monoisotopic (exact) mass is 284 g/mol. The van der Waals surface area contributed by atoms with E-state index in [2.05, 4.69) is 13.8 Å². The second-order valence-corrected chi connectivity index (χ2v) is 6.46. The van der Waals surface area contributed by atoms with Crippen LogP contribution in [0.4, 0.5) is 0 Å². The van der Waals surface area contributed by atoms with Crippen LogP contribution < -0.4 is 0 Å². The van der Waals surface area contributed by atoms with Gasteiger partial charge in [-0.15, -0.1) is 0 Å². The first-order valence-electron chi connectivity index (χ1n) is 7.49. The average molecular weight is 284 g/mol. The van der Waals surface area contributed by atoms with Gasteiger partial charge in [-0.3, -0.25) is 9.59 Å². The summed E-state index contributed by atoms with van der Waals surface area (Å²) in [7, 11) is 3.96. The molecule has 0 aliphatic heterocycles. The van der Waals surface area contributed by atoms with Crippen molar-refractivity contribution >= 4 is 11.9 Å². The van der Waals surface area contributed by atoms with E-state index in [4.69, 9.17) is 0 Å². The van der Waals surface area contributed by atoms with Gasteiger partial charge >= 0.3 is 5.97 Å². The molecule has 116 valence electrons. The van der Waals surface area contributed by atoms with Crippen LogP contribution in [0, 0.1) is 17.8 Å². The molecule has 0 spiro atoms. The zero-order valence-electron chi connectivity index (χ0n) is 13.1. The van der Waals surface area contributed by atoms with E-state index in [1.54, 1.807) is 0 Å². The van der Waals surface area contributed by atoms with Crippen molar-refractivity contribution in [3.8, 4) is 0 Å². The normalized spacial score (nSPS) is 22.5. The van der Waals surface area contributed by atoms with Crippen molar-refractivity contribution in [2.24, 2.45) is 17.8 Å². The van der Waals surface area contributed by atoms with Crippen molar-refractivity contribution in [3.63, 3.8) is 0 Å². The molecule has 1 rings (SSSR count). The van der Waals surface area contributed by atoms with Gasteiger partial charge in [0.1, 0.15) is 0 Å². The van der Waals surface area contributed by atoms with E-state index in [-0.39, 0.29) is 11.8 Å². The van der Waals surface area contributed by atoms with Gasteiger partial charge in [0.05, 0.1) is 11.8 Å². The molecule has 5 nitrogen and oxygen atoms in total. The van der Waals surface area contributed by atoms with Crippen molar-refractivity contribution < 1.29 is 14.7 Å². The molecular weight excluding hydrogens is 256 g/mol. The maximum atomic E-state index is 12.7. The van der Waals surface area contributed by atoms with Crippen molar-refractivity contribution in [1.29, 1.82) is 0 Å². The first-order chi connectivity index (χ1) is 9.32. The molecule has 1 N–H and O–H groups in total. The van der Waals surface area contributed by atoms with Crippen LogP contribution >= 0.6 is 0 Å². The van der Waals surface area contributed by atoms with Gasteiger partial charge < -0.3 is 14.9 Å². The standard InChI is InChI=1S/C15H28N2O3/c1-11(2)10-17(9-8-16(3)4)14(18)12-6-5-7-13(12)15(19)20/h11-13H,5-10H2,1-4H3,(H,19,20). The molecule has 1 fully saturated rings. The Bertz CT molecular complexity index is 342. The third-order valence-electron chi connectivity index (χ3n) is 3.86. The molecule has 2 atom stereocenters. The summed E-state index contributed by atoms with van der Waals surface area (Å²) in [4.78, 5) is 27.8. The maximum absolute atomic E-state index is 12.7. The van der Waals surface area contributed by atoms with Gasteiger partial charge in [-0.05, 0) is 32.9 Å². The molecule has 1 aliphatic rings. The Labute approximate surface area is 121 Å². The largest absolute Gasteiger partial charge is 0.481 e. The maximum Gasteiger partial charge on any atom is 0.307 e. The fourth-order valence-electron chi connectivity index (χ4n) is 2.84. The minimum Gasteiger partial charge on any atom is -0.481 e. The number of carbonyl (C=O) groups is 2. The first-order valence-corrected chi connectivity index (χ1v) is 7.49. The minimum atomic E-state index is -0.821. The van der Waals surface area contributed by atoms with Crippen molar-refractivity contribution in [2.75, 3.05) is 33.7 Å². The number of amides is 1. The van der Waals surface area contributed by atoms with E-state index >= 15 is 0 Å². The Kier molecular flexibility index (Phi) is 6.46. The lowest BCUT2D eigenvalue weighted by atomic mass is 9.94. The second kappa shape index (κ2) is 7.62. The Hall–Kier alpha value is -1.10. The van der Waals surface area contributed by atoms with Crippen LogP contribution in [0.1, 0.15) is 33.1 Å². The Balaban J connectivity index is 2.72. The highest BCUT2D eigenvalue weighted by Gasteiger charge is 2.39. The Morgan fingerprint density at radius 2 is 1.75 bits per heavy atom. The SMILES string of the molecule is CC(C)CN(CCN(C)C)C(=O)C1CCCC1C(=O)O. The second-order valence-electron chi connectivity index (χ2n) is 6.46. The van der Waals surface area contributed by atoms with E-state index in [1.165, 1.54) is 0 Å². The molecule has 1 aliphatic carbocycles. The summed E-state index contributed by atoms with van der Waals surface area (Å²) in [5.41, 5.74) is 0. The molecule has 5 heteroatoms. The zero-order valence-corrected chi connectivity index (χ0v) is 13.1. The number of hydrogen-bond acceptors (Lipinski definition) is 3. The zero-order chi connectivity index (χ0) is 15.3. The minimum absolute atomic E-state index is 0.0328. The molecule has 0 aromatic carbocycles. The molecule has 0 radical (unpaired) electrons. The lowest BCUT2D eigenvalue weighted by Gasteiger charge is -2.29. The Morgan fingerprint density at radius 1 is 1.15 bits per heavy atom. The molecule has 2 unspecified atom stereocenters. The number of likely N-dealkylation sites (N-methyl/N-ethyl adjacent to an activating group) is 1. The number of carboxylic acid groups (broad SMARTS) is 1. The fraction of sp³-hybridized carbons (Fsp3) is 0.867. The summed E-state index contributed by atoms with van der Waals surface area (Å²) in [6, 6.07) is 0. The molecule has 0 bridgehead atoms. The van der Waals surface area contributed by atoms with Crippen LogP contribution in [0.3, 0.4) is 0 Å². The van der Waals surface area contributed by atoms with E-state index in [9.17, 15) is 14.7 Å². The number of aliphatic carboxylic acids is 1. The number of nitrogens with zero attached hydrogens (tertiary/aromatic N) is 2. The number of carboxylic acids is 1. The van der Waals surface area contributed by atoms with Crippen molar-refractivity contribution in [3.05, 3.63) is 0 Å². The predicted molar refractivity (Wildman–Crippen MR) is 78.4 cm³/mol. The summed E-state index contributed by atoms with van der Waals surface area (Å²) in [5, 5.41) is 9.24. The van der Waals surface area contributed by atoms with Gasteiger partial charge in [-0.2, -0.15) is 0 Å². The quantitative estimate of drug-likeness (QED) is 0.770. The summed E-state index contributed by atoms with van der Waals surface area (Å²) < 4.78 is 0. The summed E-state index contributed by atoms with van der Waals surface area (Å²) in [6.45, 7) is 6.35. The van der Waals surface area contributed by atoms with Gasteiger partial charge in [0, 0.05) is 19.6 Å². The molecule has 0 saturated heterocycles. The topological polar surface area (TPSA) is 60.9 Å². The van der Waals surface area contributed by atoms with Gasteiger partial charge in [-0.1, -0.05) is 20.3 Å². The third kappa shape index (κ3) is 4.78. The fourth-order valence-corrected chi connectivity index (χ4v) is 2.84. The lowest BCUT2D eigenvalue weighted by molar-refractivity contribution is -0.149. The molecule has 0 heterocycles. The third-order valence-corrected chi connectivity index (χ3v) is 3.86. The van der Waals surface area contributed by atoms with Crippen LogP contribution in [-0.2, 0) is 9.59 Å². The summed E-state index contributed by atoms with van der Waals surface area (Å²) >= 11 is 0. The number of carbonyl (C=O) groups excluding carboxylic acids is 1. The smallest absolute Gasteiger partial charge is 0.307 e. The molecule has 1 saturated carbocycles.